The summed E-state index contributed by atoms with van der Waals surface area (Å²) in [4.78, 5) is 4.05. The van der Waals surface area contributed by atoms with E-state index in [1.165, 1.54) is 0 Å². The van der Waals surface area contributed by atoms with Crippen molar-refractivity contribution in [1.82, 2.24) is 14.8 Å². The lowest BCUT2D eigenvalue weighted by Gasteiger charge is -2.05. The molecule has 0 unspecified atom stereocenters. The second-order valence-electron chi connectivity index (χ2n) is 4.24. The molecule has 5 nitrogen and oxygen atoms in total. The van der Waals surface area contributed by atoms with Gasteiger partial charge in [0.15, 0.2) is 0 Å². The molecule has 2 heterocycles. The fourth-order valence-electron chi connectivity index (χ4n) is 2.04. The van der Waals surface area contributed by atoms with Crippen LogP contribution in [0.4, 0.5) is 5.69 Å². The second-order valence-corrected chi connectivity index (χ2v) is 4.24. The summed E-state index contributed by atoms with van der Waals surface area (Å²) in [5.74, 6) is 0. The molecule has 3 aromatic rings. The van der Waals surface area contributed by atoms with Crippen LogP contribution < -0.4 is 5.73 Å². The Morgan fingerprint density at radius 3 is 3.05 bits per heavy atom. The molecule has 1 aromatic carbocycles. The maximum absolute atomic E-state index is 9.04. The lowest BCUT2D eigenvalue weighted by atomic mass is 10.2. The van der Waals surface area contributed by atoms with E-state index in [9.17, 15) is 0 Å². The summed E-state index contributed by atoms with van der Waals surface area (Å²) in [7, 11) is 0. The first-order chi connectivity index (χ1) is 9.28. The van der Waals surface area contributed by atoms with Gasteiger partial charge in [-0.15, -0.1) is 0 Å². The first-order valence-electron chi connectivity index (χ1n) is 5.83. The lowest BCUT2D eigenvalue weighted by molar-refractivity contribution is 0.708. The Kier molecular flexibility index (Phi) is 2.62. The highest BCUT2D eigenvalue weighted by atomic mass is 15.3. The van der Waals surface area contributed by atoms with Crippen LogP contribution in [0.15, 0.2) is 42.7 Å². The maximum atomic E-state index is 9.04. The van der Waals surface area contributed by atoms with E-state index in [1.807, 2.05) is 35.0 Å². The predicted molar refractivity (Wildman–Crippen MR) is 72.2 cm³/mol. The first-order valence-corrected chi connectivity index (χ1v) is 5.83. The van der Waals surface area contributed by atoms with Crippen molar-refractivity contribution in [2.45, 2.75) is 6.54 Å². The molecule has 0 saturated heterocycles. The molecule has 0 aliphatic carbocycles. The highest BCUT2D eigenvalue weighted by molar-refractivity contribution is 5.81. The molecular formula is C14H11N5. The molecule has 0 radical (unpaired) electrons. The van der Waals surface area contributed by atoms with E-state index in [0.717, 1.165) is 16.5 Å². The van der Waals surface area contributed by atoms with Gasteiger partial charge in [0.25, 0.3) is 0 Å². The number of hydrogen-bond donors (Lipinski definition) is 1. The first kappa shape index (κ1) is 11.2. The van der Waals surface area contributed by atoms with E-state index in [4.69, 9.17) is 11.0 Å². The Hall–Kier alpha value is -2.87. The summed E-state index contributed by atoms with van der Waals surface area (Å²) in [6, 6.07) is 11.4. The zero-order valence-corrected chi connectivity index (χ0v) is 10.1. The van der Waals surface area contributed by atoms with Crippen LogP contribution in [0.5, 0.6) is 0 Å². The van der Waals surface area contributed by atoms with E-state index in [0.29, 0.717) is 17.9 Å². The summed E-state index contributed by atoms with van der Waals surface area (Å²) in [5.41, 5.74) is 8.71. The molecular weight excluding hydrogens is 238 g/mol. The largest absolute Gasteiger partial charge is 0.399 e. The fraction of sp³-hybridized carbons (Fsp3) is 0.0714. The average Bonchev–Trinajstić information content (AvgIpc) is 2.82. The van der Waals surface area contributed by atoms with Crippen LogP contribution in [-0.4, -0.2) is 14.8 Å². The average molecular weight is 249 g/mol. The molecule has 92 valence electrons. The van der Waals surface area contributed by atoms with Crippen molar-refractivity contribution < 1.29 is 0 Å². The Labute approximate surface area is 109 Å². The Balaban J connectivity index is 2.06. The number of pyridine rings is 1. The van der Waals surface area contributed by atoms with Crippen molar-refractivity contribution in [2.75, 3.05) is 5.73 Å². The molecule has 0 aliphatic rings. The quantitative estimate of drug-likeness (QED) is 0.704. The minimum Gasteiger partial charge on any atom is -0.399 e. The second kappa shape index (κ2) is 4.42. The molecule has 19 heavy (non-hydrogen) atoms. The van der Waals surface area contributed by atoms with Gasteiger partial charge in [0.2, 0.25) is 0 Å². The molecule has 3 rings (SSSR count). The smallest absolute Gasteiger partial charge is 0.145 e. The van der Waals surface area contributed by atoms with Crippen molar-refractivity contribution in [3.63, 3.8) is 0 Å². The molecule has 0 amide bonds. The molecule has 5 heteroatoms. The van der Waals surface area contributed by atoms with E-state index in [1.54, 1.807) is 12.4 Å². The molecule has 0 bridgehead atoms. The van der Waals surface area contributed by atoms with Crippen LogP contribution in [0.2, 0.25) is 0 Å². The van der Waals surface area contributed by atoms with Gasteiger partial charge in [-0.05, 0) is 24.3 Å². The minimum absolute atomic E-state index is 0.426. The summed E-state index contributed by atoms with van der Waals surface area (Å²) in [5, 5.41) is 14.4. The third-order valence-electron chi connectivity index (χ3n) is 2.99. The van der Waals surface area contributed by atoms with E-state index < -0.39 is 0 Å². The van der Waals surface area contributed by atoms with E-state index >= 15 is 0 Å². The zero-order valence-electron chi connectivity index (χ0n) is 10.1. The van der Waals surface area contributed by atoms with Crippen molar-refractivity contribution in [1.29, 1.82) is 5.26 Å². The fourth-order valence-corrected chi connectivity index (χ4v) is 2.04. The lowest BCUT2D eigenvalue weighted by Crippen LogP contribution is -2.04. The number of hydrogen-bond acceptors (Lipinski definition) is 4. The molecule has 0 spiro atoms. The highest BCUT2D eigenvalue weighted by Crippen LogP contribution is 2.18. The third-order valence-corrected chi connectivity index (χ3v) is 2.99. The van der Waals surface area contributed by atoms with Crippen LogP contribution in [0.25, 0.3) is 10.9 Å². The van der Waals surface area contributed by atoms with Gasteiger partial charge in [-0.25, -0.2) is 4.98 Å². The number of anilines is 1. The van der Waals surface area contributed by atoms with Gasteiger partial charge in [0, 0.05) is 22.8 Å². The highest BCUT2D eigenvalue weighted by Gasteiger charge is 2.07. The van der Waals surface area contributed by atoms with E-state index in [2.05, 4.69) is 16.2 Å². The van der Waals surface area contributed by atoms with Crippen molar-refractivity contribution in [3.8, 4) is 6.07 Å². The normalized spacial score (nSPS) is 10.5. The van der Waals surface area contributed by atoms with Gasteiger partial charge in [-0.2, -0.15) is 10.4 Å². The molecule has 2 N–H and O–H groups in total. The topological polar surface area (TPSA) is 80.5 Å². The van der Waals surface area contributed by atoms with Gasteiger partial charge < -0.3 is 5.73 Å². The summed E-state index contributed by atoms with van der Waals surface area (Å²) in [6.07, 6.45) is 3.40. The summed E-state index contributed by atoms with van der Waals surface area (Å²) >= 11 is 0. The number of nitrogens with zero attached hydrogens (tertiary/aromatic N) is 4. The van der Waals surface area contributed by atoms with Gasteiger partial charge in [-0.3, -0.25) is 4.68 Å². The van der Waals surface area contributed by atoms with Gasteiger partial charge in [0.05, 0.1) is 18.3 Å². The molecule has 2 aromatic heterocycles. The zero-order chi connectivity index (χ0) is 13.2. The SMILES string of the molecule is N#Cc1ncccc1Cn1ncc2ccc(N)cc21. The van der Waals surface area contributed by atoms with Crippen molar-refractivity contribution >= 4 is 16.6 Å². The van der Waals surface area contributed by atoms with Crippen LogP contribution in [0.1, 0.15) is 11.3 Å². The predicted octanol–water partition coefficient (Wildman–Crippen LogP) is 1.93. The van der Waals surface area contributed by atoms with Crippen LogP contribution in [-0.2, 0) is 6.54 Å². The van der Waals surface area contributed by atoms with Gasteiger partial charge in [0.1, 0.15) is 11.8 Å². The number of nitrogens with two attached hydrogens (primary N) is 1. The standard InChI is InChI=1S/C14H11N5/c15-7-13-11(2-1-5-17-13)9-19-14-6-12(16)4-3-10(14)8-18-19/h1-6,8H,9,16H2. The molecule has 0 fully saturated rings. The van der Waals surface area contributed by atoms with Crippen molar-refractivity contribution in [2.24, 2.45) is 0 Å². The number of fused-ring (bicyclic) bond motifs is 1. The minimum atomic E-state index is 0.426. The van der Waals surface area contributed by atoms with Crippen molar-refractivity contribution in [3.05, 3.63) is 54.0 Å². The van der Waals surface area contributed by atoms with E-state index in [-0.39, 0.29) is 0 Å². The van der Waals surface area contributed by atoms with Crippen LogP contribution in [0.3, 0.4) is 0 Å². The number of aromatic nitrogens is 3. The summed E-state index contributed by atoms with van der Waals surface area (Å²) < 4.78 is 1.82. The number of rotatable bonds is 2. The Bertz CT molecular complexity index is 782. The van der Waals surface area contributed by atoms with Crippen LogP contribution >= 0.6 is 0 Å². The van der Waals surface area contributed by atoms with Gasteiger partial charge in [-0.1, -0.05) is 6.07 Å². The molecule has 0 saturated carbocycles. The number of nitriles is 1. The van der Waals surface area contributed by atoms with Crippen LogP contribution in [0, 0.1) is 11.3 Å². The maximum Gasteiger partial charge on any atom is 0.145 e. The monoisotopic (exact) mass is 249 g/mol. The number of nitrogen functional groups attached to an aromatic ring is 1. The van der Waals surface area contributed by atoms with Gasteiger partial charge >= 0.3 is 0 Å². The molecule has 0 atom stereocenters. The summed E-state index contributed by atoms with van der Waals surface area (Å²) in [6.45, 7) is 0.504. The molecule has 0 aliphatic heterocycles. The number of benzene rings is 1. The Morgan fingerprint density at radius 1 is 1.32 bits per heavy atom. The third kappa shape index (κ3) is 2.00. The Morgan fingerprint density at radius 2 is 2.21 bits per heavy atom.